The Balaban J connectivity index is -0.0000000405. The first-order valence-corrected chi connectivity index (χ1v) is 2.28. The van der Waals surface area contributed by atoms with E-state index >= 15 is 0 Å². The Morgan fingerprint density at radius 2 is 1.08 bits per heavy atom. The van der Waals surface area contributed by atoms with Gasteiger partial charge in [0.15, 0.2) is 12.2 Å². The fraction of sp³-hybridized carbons (Fsp3) is 0.500. The number of aliphatic carboxylic acids is 2. The second-order valence-corrected chi connectivity index (χ2v) is 1.57. The van der Waals surface area contributed by atoms with Gasteiger partial charge in [-0.25, -0.2) is 9.59 Å². The van der Waals surface area contributed by atoms with Gasteiger partial charge in [-0.15, -0.1) is 0 Å². The first-order chi connectivity index (χ1) is 4.46. The molecule has 2 unspecified atom stereocenters. The monoisotopic (exact) mass is 216 g/mol. The molecule has 0 spiro atoms. The van der Waals surface area contributed by atoms with Crippen LogP contribution in [0.25, 0.3) is 0 Å². The van der Waals surface area contributed by atoms with Gasteiger partial charge >= 0.3 is 71.1 Å². The molecule has 0 amide bonds. The van der Waals surface area contributed by atoms with Crippen molar-refractivity contribution in [2.45, 2.75) is 12.2 Å². The van der Waals surface area contributed by atoms with E-state index in [-0.39, 0.29) is 67.4 Å². The summed E-state index contributed by atoms with van der Waals surface area (Å²) in [4.78, 5) is 19.5. The molecule has 0 aliphatic rings. The maximum absolute atomic E-state index is 9.77. The molecule has 7 nitrogen and oxygen atoms in total. The van der Waals surface area contributed by atoms with Crippen LogP contribution in [0.2, 0.25) is 0 Å². The van der Waals surface area contributed by atoms with E-state index in [0.29, 0.717) is 0 Å². The van der Waals surface area contributed by atoms with Crippen molar-refractivity contribution in [1.82, 2.24) is 0 Å². The average Bonchev–Trinajstić information content (AvgIpc) is 1.84. The molecule has 0 aliphatic carbocycles. The molecule has 0 saturated carbocycles. The summed E-state index contributed by atoms with van der Waals surface area (Å²) >= 11 is 0. The number of hydrogen-bond donors (Lipinski definition) is 4. The fourth-order valence-electron chi connectivity index (χ4n) is 0.270. The van der Waals surface area contributed by atoms with Gasteiger partial charge in [-0.3, -0.25) is 0 Å². The van der Waals surface area contributed by atoms with Crippen LogP contribution in [0.5, 0.6) is 0 Å². The van der Waals surface area contributed by atoms with Gasteiger partial charge in [0.1, 0.15) is 0 Å². The first kappa shape index (κ1) is 23.6. The van der Waals surface area contributed by atoms with Crippen molar-refractivity contribution in [3.05, 3.63) is 0 Å². The number of hydrogen-bond acceptors (Lipinski definition) is 4. The van der Waals surface area contributed by atoms with Crippen molar-refractivity contribution in [2.24, 2.45) is 0 Å². The summed E-state index contributed by atoms with van der Waals surface area (Å²) < 4.78 is 0. The number of aliphatic hydroxyl groups is 2. The molecule has 0 radical (unpaired) electrons. The summed E-state index contributed by atoms with van der Waals surface area (Å²) in [6.07, 6.45) is -4.53. The second-order valence-electron chi connectivity index (χ2n) is 1.57. The Bertz CT molecular complexity index is 151. The third kappa shape index (κ3) is 9.13. The van der Waals surface area contributed by atoms with Gasteiger partial charge in [-0.2, -0.15) is 0 Å². The molecule has 0 rings (SSSR count). The van der Waals surface area contributed by atoms with Crippen molar-refractivity contribution in [3.8, 4) is 0 Å². The molecule has 9 heteroatoms. The van der Waals surface area contributed by atoms with Crippen LogP contribution in [0.3, 0.4) is 0 Å². The van der Waals surface area contributed by atoms with Gasteiger partial charge in [-0.1, -0.05) is 0 Å². The molecule has 0 saturated heterocycles. The predicted octanol–water partition coefficient (Wildman–Crippen LogP) is -8.71. The van der Waals surface area contributed by atoms with Crippen LogP contribution in [0, 0.1) is 0 Å². The van der Waals surface area contributed by atoms with E-state index in [1.54, 1.807) is 0 Å². The van der Waals surface area contributed by atoms with Crippen molar-refractivity contribution >= 4 is 11.9 Å². The number of rotatable bonds is 3. The third-order valence-corrected chi connectivity index (χ3v) is 0.805. The third-order valence-electron chi connectivity index (χ3n) is 0.805. The number of aliphatic hydroxyl groups excluding tert-OH is 2. The van der Waals surface area contributed by atoms with Crippen LogP contribution < -0.4 is 59.1 Å². The maximum Gasteiger partial charge on any atom is 1.00 e. The maximum atomic E-state index is 9.77. The Morgan fingerprint density at radius 3 is 1.15 bits per heavy atom. The van der Waals surface area contributed by atoms with Crippen LogP contribution in [-0.4, -0.2) is 50.0 Å². The minimum atomic E-state index is -2.27. The zero-order valence-electron chi connectivity index (χ0n) is 9.26. The molecule has 0 aromatic rings. The smallest absolute Gasteiger partial charge is 1.00 e. The Hall–Kier alpha value is 0.820. The van der Waals surface area contributed by atoms with Crippen LogP contribution in [-0.2, 0) is 9.59 Å². The summed E-state index contributed by atoms with van der Waals surface area (Å²) in [6, 6.07) is 0. The number of carboxylic acids is 2. The van der Waals surface area contributed by atoms with Crippen molar-refractivity contribution < 1.29 is 97.5 Å². The van der Waals surface area contributed by atoms with E-state index in [9.17, 15) is 9.59 Å². The number of carbonyl (C=O) groups is 2. The van der Waals surface area contributed by atoms with E-state index in [1.807, 2.05) is 0 Å². The normalized spacial score (nSPS) is 12.2. The molecule has 0 heterocycles. The standard InChI is InChI=1S/C4H6O6.2Na.H2O.2H/c5-1(3(7)8)2(6)4(9)10;;;;;/h1-2,5-6H,(H,7,8)(H,9,10);;;1H2;;/q;2*+1;;2*-1. The largest absolute Gasteiger partial charge is 1.00 e. The molecule has 0 fully saturated rings. The molecule has 0 aliphatic heterocycles. The molecular formula is C4H10Na2O7. The van der Waals surface area contributed by atoms with Crippen molar-refractivity contribution in [2.75, 3.05) is 0 Å². The minimum absolute atomic E-state index is 0. The van der Waals surface area contributed by atoms with Gasteiger partial charge in [-0.05, 0) is 0 Å². The summed E-state index contributed by atoms with van der Waals surface area (Å²) in [7, 11) is 0. The summed E-state index contributed by atoms with van der Waals surface area (Å²) in [5, 5.41) is 32.5. The summed E-state index contributed by atoms with van der Waals surface area (Å²) in [6.45, 7) is 0. The predicted molar refractivity (Wildman–Crippen MR) is 33.1 cm³/mol. The van der Waals surface area contributed by atoms with E-state index in [1.165, 1.54) is 0 Å². The molecule has 0 aromatic heterocycles. The van der Waals surface area contributed by atoms with Crippen LogP contribution in [0.1, 0.15) is 2.85 Å². The quantitative estimate of drug-likeness (QED) is 0.344. The van der Waals surface area contributed by atoms with Gasteiger partial charge in [0.25, 0.3) is 0 Å². The minimum Gasteiger partial charge on any atom is -1.00 e. The van der Waals surface area contributed by atoms with Crippen molar-refractivity contribution in [3.63, 3.8) is 0 Å². The van der Waals surface area contributed by atoms with Gasteiger partial charge < -0.3 is 28.8 Å². The van der Waals surface area contributed by atoms with Crippen LogP contribution >= 0.6 is 0 Å². The molecule has 0 aromatic carbocycles. The Morgan fingerprint density at radius 1 is 0.923 bits per heavy atom. The van der Waals surface area contributed by atoms with Gasteiger partial charge in [0.2, 0.25) is 0 Å². The SMILES string of the molecule is O.O=C(O)C(O)C(O)C(=O)O.[H-].[H-].[Na+].[Na+]. The van der Waals surface area contributed by atoms with E-state index in [0.717, 1.165) is 0 Å². The van der Waals surface area contributed by atoms with E-state index < -0.39 is 24.1 Å². The van der Waals surface area contributed by atoms with E-state index in [2.05, 4.69) is 0 Å². The average molecular weight is 216 g/mol. The second kappa shape index (κ2) is 10.9. The molecule has 0 bridgehead atoms. The first-order valence-electron chi connectivity index (χ1n) is 2.28. The number of carboxylic acid groups (broad SMARTS) is 2. The van der Waals surface area contributed by atoms with E-state index in [4.69, 9.17) is 20.4 Å². The fourth-order valence-corrected chi connectivity index (χ4v) is 0.270. The molecule has 2 atom stereocenters. The topological polar surface area (TPSA) is 147 Å². The zero-order valence-corrected chi connectivity index (χ0v) is 11.3. The Labute approximate surface area is 121 Å². The molecule has 6 N–H and O–H groups in total. The van der Waals surface area contributed by atoms with Crippen molar-refractivity contribution in [1.29, 1.82) is 0 Å². The molecular weight excluding hydrogens is 206 g/mol. The summed E-state index contributed by atoms with van der Waals surface area (Å²) in [5.74, 6) is -3.54. The van der Waals surface area contributed by atoms with Gasteiger partial charge in [0, 0.05) is 0 Å². The zero-order chi connectivity index (χ0) is 8.31. The summed E-state index contributed by atoms with van der Waals surface area (Å²) in [5.41, 5.74) is 0. The Kier molecular flexibility index (Phi) is 19.7. The molecule has 70 valence electrons. The molecule has 13 heavy (non-hydrogen) atoms. The van der Waals surface area contributed by atoms with Crippen LogP contribution in [0.15, 0.2) is 0 Å². The van der Waals surface area contributed by atoms with Gasteiger partial charge in [0.05, 0.1) is 0 Å². The van der Waals surface area contributed by atoms with Crippen LogP contribution in [0.4, 0.5) is 0 Å².